The third kappa shape index (κ3) is 4.28. The number of rotatable bonds is 3. The number of carbonyl (C=O) groups excluding carboxylic acids is 1. The summed E-state index contributed by atoms with van der Waals surface area (Å²) in [6.07, 6.45) is 15.8. The van der Waals surface area contributed by atoms with Crippen LogP contribution in [0.2, 0.25) is 0 Å². The van der Waals surface area contributed by atoms with E-state index in [2.05, 4.69) is 29.6 Å². The summed E-state index contributed by atoms with van der Waals surface area (Å²) in [7, 11) is 1.64. The number of benzene rings is 1. The molecule has 3 heteroatoms. The molecule has 1 amide bonds. The normalized spacial score (nSPS) is 29.3. The fourth-order valence-corrected chi connectivity index (χ4v) is 3.79. The summed E-state index contributed by atoms with van der Waals surface area (Å²) < 4.78 is 5.23. The highest BCUT2D eigenvalue weighted by Crippen LogP contribution is 2.52. The van der Waals surface area contributed by atoms with Crippen molar-refractivity contribution >= 4 is 11.6 Å². The fourth-order valence-electron chi connectivity index (χ4n) is 3.79. The Hall–Kier alpha value is -2.03. The molecule has 128 valence electrons. The Morgan fingerprint density at radius 2 is 1.62 bits per heavy atom. The zero-order valence-electron chi connectivity index (χ0n) is 14.4. The molecule has 1 saturated carbocycles. The number of anilines is 1. The Labute approximate surface area is 144 Å². The average Bonchev–Trinajstić information content (AvgIpc) is 3.27. The summed E-state index contributed by atoms with van der Waals surface area (Å²) in [6.45, 7) is 0. The molecule has 0 aromatic heterocycles. The van der Waals surface area contributed by atoms with E-state index in [1.165, 1.54) is 0 Å². The van der Waals surface area contributed by atoms with E-state index in [4.69, 9.17) is 4.74 Å². The lowest BCUT2D eigenvalue weighted by Crippen LogP contribution is -2.15. The molecule has 3 nitrogen and oxygen atoms in total. The van der Waals surface area contributed by atoms with E-state index < -0.39 is 0 Å². The topological polar surface area (TPSA) is 38.3 Å². The van der Waals surface area contributed by atoms with E-state index in [1.807, 2.05) is 24.3 Å². The Morgan fingerprint density at radius 3 is 2.25 bits per heavy atom. The molecular formula is C21H27NO2. The minimum Gasteiger partial charge on any atom is -0.497 e. The van der Waals surface area contributed by atoms with Gasteiger partial charge in [0.25, 0.3) is 0 Å². The Bertz CT molecular complexity index is 596. The molecule has 0 aliphatic heterocycles. The molecule has 3 atom stereocenters. The molecule has 3 rings (SSSR count). The van der Waals surface area contributed by atoms with Crippen molar-refractivity contribution in [2.24, 2.45) is 17.8 Å². The molecule has 0 radical (unpaired) electrons. The van der Waals surface area contributed by atoms with Crippen LogP contribution in [-0.2, 0) is 4.79 Å². The van der Waals surface area contributed by atoms with Crippen molar-refractivity contribution in [3.8, 4) is 5.75 Å². The smallest absolute Gasteiger partial charge is 0.228 e. The summed E-state index contributed by atoms with van der Waals surface area (Å²) >= 11 is 0. The van der Waals surface area contributed by atoms with Crippen LogP contribution in [0.5, 0.6) is 5.75 Å². The molecule has 0 heterocycles. The summed E-state index contributed by atoms with van der Waals surface area (Å²) in [5.41, 5.74) is 0.821. The number of carbonyl (C=O) groups is 1. The predicted molar refractivity (Wildman–Crippen MR) is 98.1 cm³/mol. The van der Waals surface area contributed by atoms with Gasteiger partial charge in [-0.1, -0.05) is 30.4 Å². The van der Waals surface area contributed by atoms with Gasteiger partial charge in [-0.3, -0.25) is 4.79 Å². The maximum atomic E-state index is 12.7. The van der Waals surface area contributed by atoms with E-state index >= 15 is 0 Å². The standard InChI is InChI=1S/C21H27NO2/c1-24-17-12-10-11-16(15-17)22-21(23)20-18-13-8-6-4-2-3-5-7-9-14-19(18)20/h4-7,10-12,15,18-20H,2-3,8-9,13-14H2,1H3,(H,22,23)/b6-4-,7-5+. The molecular weight excluding hydrogens is 298 g/mol. The summed E-state index contributed by atoms with van der Waals surface area (Å²) in [6, 6.07) is 7.58. The van der Waals surface area contributed by atoms with E-state index in [0.717, 1.165) is 50.0 Å². The Morgan fingerprint density at radius 1 is 1.00 bits per heavy atom. The molecule has 2 aliphatic carbocycles. The van der Waals surface area contributed by atoms with Gasteiger partial charge in [0.1, 0.15) is 5.75 Å². The SMILES string of the molecule is COc1cccc(NC(=O)C2C3CC/C=C\CC/C=C/CCC32)c1. The minimum absolute atomic E-state index is 0.166. The molecule has 1 fully saturated rings. The zero-order chi connectivity index (χ0) is 16.8. The quantitative estimate of drug-likeness (QED) is 0.797. The van der Waals surface area contributed by atoms with Gasteiger partial charge < -0.3 is 10.1 Å². The molecule has 3 unspecified atom stereocenters. The van der Waals surface area contributed by atoms with Crippen molar-refractivity contribution in [3.05, 3.63) is 48.6 Å². The largest absolute Gasteiger partial charge is 0.497 e. The zero-order valence-corrected chi connectivity index (χ0v) is 14.4. The molecule has 2 aliphatic rings. The number of hydrogen-bond donors (Lipinski definition) is 1. The number of allylic oxidation sites excluding steroid dienone is 4. The second-order valence-electron chi connectivity index (χ2n) is 6.75. The van der Waals surface area contributed by atoms with Crippen LogP contribution < -0.4 is 10.1 Å². The maximum Gasteiger partial charge on any atom is 0.228 e. The second-order valence-corrected chi connectivity index (χ2v) is 6.75. The van der Waals surface area contributed by atoms with Crippen molar-refractivity contribution in [2.45, 2.75) is 38.5 Å². The Balaban J connectivity index is 1.61. The highest BCUT2D eigenvalue weighted by molar-refractivity contribution is 5.95. The van der Waals surface area contributed by atoms with Crippen LogP contribution in [0.3, 0.4) is 0 Å². The molecule has 24 heavy (non-hydrogen) atoms. The van der Waals surface area contributed by atoms with Crippen molar-refractivity contribution < 1.29 is 9.53 Å². The lowest BCUT2D eigenvalue weighted by molar-refractivity contribution is -0.117. The Kier molecular flexibility index (Phi) is 5.73. The molecule has 1 N–H and O–H groups in total. The molecule has 1 aromatic carbocycles. The number of methoxy groups -OCH3 is 1. The molecule has 0 bridgehead atoms. The first-order valence-corrected chi connectivity index (χ1v) is 9.04. The van der Waals surface area contributed by atoms with Gasteiger partial charge in [-0.15, -0.1) is 0 Å². The maximum absolute atomic E-state index is 12.7. The van der Waals surface area contributed by atoms with Gasteiger partial charge in [0.15, 0.2) is 0 Å². The third-order valence-electron chi connectivity index (χ3n) is 5.14. The van der Waals surface area contributed by atoms with Crippen LogP contribution in [0.25, 0.3) is 0 Å². The van der Waals surface area contributed by atoms with Crippen molar-refractivity contribution in [3.63, 3.8) is 0 Å². The monoisotopic (exact) mass is 325 g/mol. The van der Waals surface area contributed by atoms with Crippen LogP contribution in [-0.4, -0.2) is 13.0 Å². The first-order chi connectivity index (χ1) is 11.8. The first-order valence-electron chi connectivity index (χ1n) is 9.04. The van der Waals surface area contributed by atoms with Crippen LogP contribution in [0.15, 0.2) is 48.6 Å². The number of fused-ring (bicyclic) bond motifs is 1. The van der Waals surface area contributed by atoms with Crippen LogP contribution in [0.4, 0.5) is 5.69 Å². The van der Waals surface area contributed by atoms with Gasteiger partial charge in [0.05, 0.1) is 7.11 Å². The highest BCUT2D eigenvalue weighted by Gasteiger charge is 2.52. The molecule has 0 spiro atoms. The predicted octanol–water partition coefficient (Wildman–Crippen LogP) is 4.96. The van der Waals surface area contributed by atoms with E-state index in [-0.39, 0.29) is 11.8 Å². The van der Waals surface area contributed by atoms with Crippen LogP contribution >= 0.6 is 0 Å². The van der Waals surface area contributed by atoms with Crippen molar-refractivity contribution in [2.75, 3.05) is 12.4 Å². The molecule has 0 saturated heterocycles. The summed E-state index contributed by atoms with van der Waals surface area (Å²) in [5, 5.41) is 3.08. The minimum atomic E-state index is 0.166. The highest BCUT2D eigenvalue weighted by atomic mass is 16.5. The van der Waals surface area contributed by atoms with Gasteiger partial charge in [-0.2, -0.15) is 0 Å². The summed E-state index contributed by atoms with van der Waals surface area (Å²) in [4.78, 5) is 12.7. The van der Waals surface area contributed by atoms with E-state index in [1.54, 1.807) is 7.11 Å². The third-order valence-corrected chi connectivity index (χ3v) is 5.14. The second kappa shape index (κ2) is 8.18. The number of hydrogen-bond acceptors (Lipinski definition) is 2. The fraction of sp³-hybridized carbons (Fsp3) is 0.476. The molecule has 1 aromatic rings. The van der Waals surface area contributed by atoms with Gasteiger partial charge in [0, 0.05) is 17.7 Å². The van der Waals surface area contributed by atoms with Crippen molar-refractivity contribution in [1.29, 1.82) is 0 Å². The van der Waals surface area contributed by atoms with Gasteiger partial charge >= 0.3 is 0 Å². The summed E-state index contributed by atoms with van der Waals surface area (Å²) in [5.74, 6) is 2.17. The van der Waals surface area contributed by atoms with Crippen LogP contribution in [0.1, 0.15) is 38.5 Å². The van der Waals surface area contributed by atoms with Gasteiger partial charge in [-0.05, 0) is 62.5 Å². The first kappa shape index (κ1) is 16.8. The van der Waals surface area contributed by atoms with Crippen molar-refractivity contribution in [1.82, 2.24) is 0 Å². The number of amides is 1. The lowest BCUT2D eigenvalue weighted by atomic mass is 10.1. The lowest BCUT2D eigenvalue weighted by Gasteiger charge is -2.07. The van der Waals surface area contributed by atoms with Gasteiger partial charge in [-0.25, -0.2) is 0 Å². The van der Waals surface area contributed by atoms with E-state index in [9.17, 15) is 4.79 Å². The number of ether oxygens (including phenoxy) is 1. The van der Waals surface area contributed by atoms with Gasteiger partial charge in [0.2, 0.25) is 5.91 Å². The average molecular weight is 325 g/mol. The number of nitrogens with one attached hydrogen (secondary N) is 1. The van der Waals surface area contributed by atoms with E-state index in [0.29, 0.717) is 11.8 Å². The van der Waals surface area contributed by atoms with Crippen LogP contribution in [0, 0.1) is 17.8 Å².